The summed E-state index contributed by atoms with van der Waals surface area (Å²) in [7, 11) is 0. The van der Waals surface area contributed by atoms with Crippen LogP contribution in [0.15, 0.2) is 18.3 Å². The zero-order valence-electron chi connectivity index (χ0n) is 18.0. The van der Waals surface area contributed by atoms with E-state index in [1.807, 2.05) is 9.58 Å². The van der Waals surface area contributed by atoms with Crippen LogP contribution in [0.4, 0.5) is 16.8 Å². The number of rotatable bonds is 6. The third kappa shape index (κ3) is 4.15. The van der Waals surface area contributed by atoms with Crippen LogP contribution in [0.1, 0.15) is 60.7 Å². The molecular weight excluding hydrogens is 446 g/mol. The molecule has 0 aromatic carbocycles. The number of nitrogens with one attached hydrogen (secondary N) is 1. The first-order valence-corrected chi connectivity index (χ1v) is 12.0. The number of amides is 1. The topological polar surface area (TPSA) is 139 Å². The molecule has 3 aromatic heterocycles. The Bertz CT molecular complexity index is 1190. The van der Waals surface area contributed by atoms with Crippen molar-refractivity contribution in [3.63, 3.8) is 0 Å². The summed E-state index contributed by atoms with van der Waals surface area (Å²) in [4.78, 5) is 35.0. The molecule has 3 aromatic rings. The lowest BCUT2D eigenvalue weighted by Crippen LogP contribution is -2.33. The quantitative estimate of drug-likeness (QED) is 0.411. The molecule has 12 heteroatoms. The van der Waals surface area contributed by atoms with E-state index >= 15 is 0 Å². The molecule has 2 fully saturated rings. The van der Waals surface area contributed by atoms with Gasteiger partial charge in [-0.25, -0.2) is 4.68 Å². The van der Waals surface area contributed by atoms with Crippen LogP contribution >= 0.6 is 11.3 Å². The zero-order valence-corrected chi connectivity index (χ0v) is 18.8. The predicted octanol–water partition coefficient (Wildman–Crippen LogP) is 3.51. The highest BCUT2D eigenvalue weighted by Crippen LogP contribution is 2.34. The molecule has 1 atom stereocenters. The Balaban J connectivity index is 1.54. The van der Waals surface area contributed by atoms with E-state index in [-0.39, 0.29) is 28.6 Å². The van der Waals surface area contributed by atoms with Gasteiger partial charge in [-0.1, -0.05) is 30.6 Å². The maximum Gasteiger partial charge on any atom is 0.324 e. The van der Waals surface area contributed by atoms with Crippen LogP contribution in [0.3, 0.4) is 0 Å². The highest BCUT2D eigenvalue weighted by Gasteiger charge is 2.29. The minimum Gasteiger partial charge on any atom is -0.394 e. The molecule has 174 valence electrons. The van der Waals surface area contributed by atoms with Crippen LogP contribution in [0, 0.1) is 10.1 Å². The molecule has 2 aliphatic rings. The first kappa shape index (κ1) is 21.7. The van der Waals surface area contributed by atoms with E-state index in [1.165, 1.54) is 18.6 Å². The number of anilines is 2. The molecular formula is C21H25N7O4S. The fourth-order valence-corrected chi connectivity index (χ4v) is 5.45. The van der Waals surface area contributed by atoms with Gasteiger partial charge in [0.15, 0.2) is 5.65 Å². The molecule has 0 unspecified atom stereocenters. The molecule has 2 N–H and O–H groups in total. The third-order valence-electron chi connectivity index (χ3n) is 6.43. The number of hydrogen-bond acceptors (Lipinski definition) is 9. The number of nitro groups is 1. The second-order valence-electron chi connectivity index (χ2n) is 8.51. The van der Waals surface area contributed by atoms with E-state index < -0.39 is 10.8 Å². The van der Waals surface area contributed by atoms with Crippen LogP contribution in [-0.4, -0.2) is 54.9 Å². The van der Waals surface area contributed by atoms with E-state index in [0.717, 1.165) is 56.4 Å². The second kappa shape index (κ2) is 9.02. The van der Waals surface area contributed by atoms with Gasteiger partial charge in [0, 0.05) is 12.6 Å². The smallest absolute Gasteiger partial charge is 0.324 e. The number of aliphatic hydroxyl groups excluding tert-OH is 1. The number of aromatic nitrogens is 4. The van der Waals surface area contributed by atoms with Gasteiger partial charge < -0.3 is 15.3 Å². The lowest BCUT2D eigenvalue weighted by Gasteiger charge is -2.25. The molecule has 1 aliphatic heterocycles. The Morgan fingerprint density at radius 1 is 1.21 bits per heavy atom. The first-order valence-electron chi connectivity index (χ1n) is 11.2. The average Bonchev–Trinajstić information content (AvgIpc) is 3.58. The molecule has 0 spiro atoms. The van der Waals surface area contributed by atoms with Crippen LogP contribution in [-0.2, 0) is 0 Å². The van der Waals surface area contributed by atoms with E-state index in [4.69, 9.17) is 4.98 Å². The number of hydrogen-bond donors (Lipinski definition) is 2. The van der Waals surface area contributed by atoms with Crippen LogP contribution < -0.4 is 10.2 Å². The summed E-state index contributed by atoms with van der Waals surface area (Å²) in [5.74, 6) is 0.301. The average molecular weight is 472 g/mol. The van der Waals surface area contributed by atoms with Gasteiger partial charge >= 0.3 is 5.00 Å². The summed E-state index contributed by atoms with van der Waals surface area (Å²) >= 11 is 0.816. The summed E-state index contributed by atoms with van der Waals surface area (Å²) in [5, 5.41) is 28.8. The lowest BCUT2D eigenvalue weighted by atomic mass is 9.96. The Kier molecular flexibility index (Phi) is 5.94. The van der Waals surface area contributed by atoms with Gasteiger partial charge in [-0.3, -0.25) is 14.9 Å². The minimum absolute atomic E-state index is 0.00381. The van der Waals surface area contributed by atoms with Crippen molar-refractivity contribution >= 4 is 45.0 Å². The molecule has 11 nitrogen and oxygen atoms in total. The molecule has 5 rings (SSSR count). The van der Waals surface area contributed by atoms with Crippen molar-refractivity contribution < 1.29 is 14.8 Å². The van der Waals surface area contributed by atoms with Crippen LogP contribution in [0.2, 0.25) is 0 Å². The number of thiophene rings is 1. The molecule has 1 saturated heterocycles. The van der Waals surface area contributed by atoms with Gasteiger partial charge in [0.1, 0.15) is 5.82 Å². The highest BCUT2D eigenvalue weighted by atomic mass is 32.1. The SMILES string of the molecule is O=C(Nc1nc(N2CCC[C@H]2CO)nc2c1cnn2C1CCCCC1)c1ccc([N+](=O)[O-])s1. The largest absolute Gasteiger partial charge is 0.394 e. The molecule has 1 saturated carbocycles. The third-order valence-corrected chi connectivity index (χ3v) is 7.47. The van der Waals surface area contributed by atoms with Crippen molar-refractivity contribution in [1.82, 2.24) is 19.7 Å². The standard InChI is InChI=1S/C21H25N7O4S/c29-12-14-7-4-10-26(14)21-24-18(23-20(30)16-8-9-17(33-16)28(31)32)15-11-22-27(19(15)25-21)13-5-2-1-3-6-13/h8-9,11,13-14,29H,1-7,10,12H2,(H,23,24,25,30)/t14-/m0/s1. The lowest BCUT2D eigenvalue weighted by molar-refractivity contribution is -0.380. The molecule has 4 heterocycles. The van der Waals surface area contributed by atoms with Crippen molar-refractivity contribution in [1.29, 1.82) is 0 Å². The summed E-state index contributed by atoms with van der Waals surface area (Å²) in [5.41, 5.74) is 0.656. The normalized spacial score (nSPS) is 19.3. The van der Waals surface area contributed by atoms with Crippen LogP contribution in [0.25, 0.3) is 11.0 Å². The Labute approximate surface area is 193 Å². The van der Waals surface area contributed by atoms with Gasteiger partial charge in [0.2, 0.25) is 5.95 Å². The summed E-state index contributed by atoms with van der Waals surface area (Å²) < 4.78 is 1.94. The summed E-state index contributed by atoms with van der Waals surface area (Å²) in [6.07, 6.45) is 9.01. The van der Waals surface area contributed by atoms with Gasteiger partial charge in [-0.15, -0.1) is 0 Å². The van der Waals surface area contributed by atoms with Crippen molar-refractivity contribution in [2.45, 2.75) is 57.0 Å². The predicted molar refractivity (Wildman–Crippen MR) is 124 cm³/mol. The zero-order chi connectivity index (χ0) is 22.9. The number of fused-ring (bicyclic) bond motifs is 1. The maximum atomic E-state index is 12.9. The summed E-state index contributed by atoms with van der Waals surface area (Å²) in [6, 6.07) is 2.93. The van der Waals surface area contributed by atoms with Crippen molar-refractivity contribution in [2.24, 2.45) is 0 Å². The first-order chi connectivity index (χ1) is 16.0. The number of nitrogens with zero attached hydrogens (tertiary/aromatic N) is 6. The maximum absolute atomic E-state index is 12.9. The number of carbonyl (C=O) groups is 1. The van der Waals surface area contributed by atoms with Crippen molar-refractivity contribution in [3.8, 4) is 0 Å². The van der Waals surface area contributed by atoms with Gasteiger partial charge in [-0.2, -0.15) is 15.1 Å². The van der Waals surface area contributed by atoms with Crippen molar-refractivity contribution in [2.75, 3.05) is 23.4 Å². The van der Waals surface area contributed by atoms with E-state index in [1.54, 1.807) is 6.20 Å². The molecule has 33 heavy (non-hydrogen) atoms. The Hall–Kier alpha value is -3.12. The van der Waals surface area contributed by atoms with E-state index in [9.17, 15) is 20.0 Å². The molecule has 1 amide bonds. The Morgan fingerprint density at radius 2 is 2.03 bits per heavy atom. The molecule has 1 aliphatic carbocycles. The van der Waals surface area contributed by atoms with Gasteiger partial charge in [0.25, 0.3) is 5.91 Å². The minimum atomic E-state index is -0.515. The molecule has 0 bridgehead atoms. The fourth-order valence-electron chi connectivity index (χ4n) is 4.74. The number of aliphatic hydroxyl groups is 1. The van der Waals surface area contributed by atoms with Gasteiger partial charge in [-0.05, 0) is 31.7 Å². The van der Waals surface area contributed by atoms with Crippen LogP contribution in [0.5, 0.6) is 0 Å². The Morgan fingerprint density at radius 3 is 2.76 bits per heavy atom. The monoisotopic (exact) mass is 471 g/mol. The highest BCUT2D eigenvalue weighted by molar-refractivity contribution is 7.17. The van der Waals surface area contributed by atoms with E-state index in [2.05, 4.69) is 15.4 Å². The summed E-state index contributed by atoms with van der Waals surface area (Å²) in [6.45, 7) is 0.725. The number of carbonyl (C=O) groups excluding carboxylic acids is 1. The second-order valence-corrected chi connectivity index (χ2v) is 9.57. The van der Waals surface area contributed by atoms with Gasteiger partial charge in [0.05, 0.1) is 40.1 Å². The van der Waals surface area contributed by atoms with E-state index in [0.29, 0.717) is 22.8 Å². The molecule has 0 radical (unpaired) electrons. The van der Waals surface area contributed by atoms with Crippen molar-refractivity contribution in [3.05, 3.63) is 33.3 Å². The fraction of sp³-hybridized carbons (Fsp3) is 0.524.